The Morgan fingerprint density at radius 3 is 2.59 bits per heavy atom. The Kier molecular flexibility index (Phi) is 4.22. The number of thiazole rings is 1. The summed E-state index contributed by atoms with van der Waals surface area (Å²) in [6.45, 7) is 0.539. The minimum Gasteiger partial charge on any atom is -0.455 e. The van der Waals surface area contributed by atoms with Crippen molar-refractivity contribution < 1.29 is 14.3 Å². The molecule has 4 aliphatic rings. The molecule has 7 heteroatoms. The molecule has 0 atom stereocenters. The molecule has 144 valence electrons. The molecule has 6 nitrogen and oxygen atoms in total. The smallest absolute Gasteiger partial charge is 0.312 e. The van der Waals surface area contributed by atoms with E-state index in [1.807, 2.05) is 22.2 Å². The number of esters is 1. The quantitative estimate of drug-likeness (QED) is 0.774. The van der Waals surface area contributed by atoms with Crippen molar-refractivity contribution in [2.75, 3.05) is 13.2 Å². The van der Waals surface area contributed by atoms with E-state index < -0.39 is 5.97 Å². The first-order chi connectivity index (χ1) is 13.1. The van der Waals surface area contributed by atoms with Crippen LogP contribution in [0.1, 0.15) is 44.2 Å². The van der Waals surface area contributed by atoms with Crippen LogP contribution in [0.4, 0.5) is 0 Å². The van der Waals surface area contributed by atoms with Gasteiger partial charge in [0.15, 0.2) is 11.6 Å². The molecule has 6 rings (SSSR count). The molecular weight excluding hydrogens is 362 g/mol. The molecule has 0 unspecified atom stereocenters. The number of imidazole rings is 1. The first kappa shape index (κ1) is 17.2. The second-order valence-corrected chi connectivity index (χ2v) is 9.73. The zero-order chi connectivity index (χ0) is 18.4. The molecule has 0 aliphatic heterocycles. The Bertz CT molecular complexity index is 807. The van der Waals surface area contributed by atoms with Crippen molar-refractivity contribution in [3.05, 3.63) is 23.5 Å². The molecule has 0 saturated heterocycles. The lowest BCUT2D eigenvalue weighted by Crippen LogP contribution is -2.51. The number of hydrogen-bond acceptors (Lipinski definition) is 5. The number of aromatic nitrogens is 2. The molecule has 4 saturated carbocycles. The zero-order valence-corrected chi connectivity index (χ0v) is 16.2. The molecule has 4 aliphatic carbocycles. The van der Waals surface area contributed by atoms with Gasteiger partial charge >= 0.3 is 5.97 Å². The lowest BCUT2D eigenvalue weighted by Gasteiger charge is -2.56. The Morgan fingerprint density at radius 2 is 1.93 bits per heavy atom. The van der Waals surface area contributed by atoms with E-state index >= 15 is 0 Å². The summed E-state index contributed by atoms with van der Waals surface area (Å²) in [5, 5.41) is 4.99. The summed E-state index contributed by atoms with van der Waals surface area (Å²) in [4.78, 5) is 29.4. The minimum absolute atomic E-state index is 0.0939. The van der Waals surface area contributed by atoms with Crippen LogP contribution in [-0.4, -0.2) is 34.4 Å². The minimum atomic E-state index is -0.411. The molecule has 0 spiro atoms. The molecule has 27 heavy (non-hydrogen) atoms. The normalized spacial score (nSPS) is 31.3. The average molecular weight is 388 g/mol. The fourth-order valence-corrected chi connectivity index (χ4v) is 6.77. The molecule has 1 N–H and O–H groups in total. The molecule has 2 aromatic heterocycles. The highest BCUT2D eigenvalue weighted by atomic mass is 32.1. The van der Waals surface area contributed by atoms with Gasteiger partial charge in [0.2, 0.25) is 0 Å². The van der Waals surface area contributed by atoms with Gasteiger partial charge in [0.25, 0.3) is 5.91 Å². The van der Waals surface area contributed by atoms with Crippen LogP contribution in [0.25, 0.3) is 4.96 Å². The number of carbonyl (C=O) groups excluding carboxylic acids is 2. The average Bonchev–Trinajstić information content (AvgIpc) is 3.18. The second-order valence-electron chi connectivity index (χ2n) is 8.86. The standard InChI is InChI=1S/C20H25N3O3S/c24-17(11-26-18(25)6-16-10-23-1-2-27-19(23)22-16)21-12-20-7-13-3-14(8-20)5-15(4-13)9-20/h1-2,10,13-15H,3-9,11-12H2,(H,21,24). The maximum atomic E-state index is 12.2. The predicted octanol–water partition coefficient (Wildman–Crippen LogP) is 2.81. The van der Waals surface area contributed by atoms with Crippen LogP contribution < -0.4 is 5.32 Å². The molecule has 0 aromatic carbocycles. The highest BCUT2D eigenvalue weighted by Gasteiger charge is 2.50. The van der Waals surface area contributed by atoms with Gasteiger partial charge in [-0.25, -0.2) is 4.98 Å². The monoisotopic (exact) mass is 387 g/mol. The number of carbonyl (C=O) groups is 2. The summed E-state index contributed by atoms with van der Waals surface area (Å²) < 4.78 is 7.04. The number of amides is 1. The van der Waals surface area contributed by atoms with Crippen LogP contribution in [0, 0.1) is 23.2 Å². The van der Waals surface area contributed by atoms with Crippen molar-refractivity contribution in [2.45, 2.75) is 44.9 Å². The van der Waals surface area contributed by atoms with E-state index in [-0.39, 0.29) is 18.9 Å². The summed E-state index contributed by atoms with van der Waals surface area (Å²) in [6, 6.07) is 0. The number of nitrogens with zero attached hydrogens (tertiary/aromatic N) is 2. The maximum Gasteiger partial charge on any atom is 0.312 e. The summed E-state index contributed by atoms with van der Waals surface area (Å²) >= 11 is 1.52. The van der Waals surface area contributed by atoms with E-state index in [4.69, 9.17) is 4.74 Å². The van der Waals surface area contributed by atoms with Gasteiger partial charge in [-0.2, -0.15) is 0 Å². The van der Waals surface area contributed by atoms with Crippen LogP contribution in [-0.2, 0) is 20.7 Å². The van der Waals surface area contributed by atoms with Crippen molar-refractivity contribution in [3.63, 3.8) is 0 Å². The van der Waals surface area contributed by atoms with Crippen LogP contribution in [0.15, 0.2) is 17.8 Å². The van der Waals surface area contributed by atoms with Crippen molar-refractivity contribution in [1.82, 2.24) is 14.7 Å². The van der Waals surface area contributed by atoms with E-state index in [1.54, 1.807) is 0 Å². The molecular formula is C20H25N3O3S. The third-order valence-electron chi connectivity index (χ3n) is 6.66. The molecule has 4 bridgehead atoms. The van der Waals surface area contributed by atoms with Crippen LogP contribution in [0.3, 0.4) is 0 Å². The second kappa shape index (κ2) is 6.62. The van der Waals surface area contributed by atoms with E-state index in [0.29, 0.717) is 11.1 Å². The lowest BCUT2D eigenvalue weighted by molar-refractivity contribution is -0.148. The van der Waals surface area contributed by atoms with E-state index in [9.17, 15) is 9.59 Å². The van der Waals surface area contributed by atoms with Crippen LogP contribution >= 0.6 is 11.3 Å². The van der Waals surface area contributed by atoms with Gasteiger partial charge in [0.1, 0.15) is 0 Å². The van der Waals surface area contributed by atoms with Gasteiger partial charge < -0.3 is 10.1 Å². The Hall–Kier alpha value is -1.89. The molecule has 4 fully saturated rings. The van der Waals surface area contributed by atoms with Crippen LogP contribution in [0.2, 0.25) is 0 Å². The number of rotatable bonds is 6. The van der Waals surface area contributed by atoms with Gasteiger partial charge in [-0.15, -0.1) is 11.3 Å². The highest BCUT2D eigenvalue weighted by Crippen LogP contribution is 2.59. The number of fused-ring (bicyclic) bond motifs is 1. The molecule has 2 heterocycles. The van der Waals surface area contributed by atoms with Gasteiger partial charge in [0.05, 0.1) is 12.1 Å². The van der Waals surface area contributed by atoms with Crippen molar-refractivity contribution in [3.8, 4) is 0 Å². The van der Waals surface area contributed by atoms with Gasteiger partial charge in [-0.1, -0.05) is 0 Å². The topological polar surface area (TPSA) is 72.7 Å². The van der Waals surface area contributed by atoms with Gasteiger partial charge in [-0.05, 0) is 61.7 Å². The Morgan fingerprint density at radius 1 is 1.22 bits per heavy atom. The number of hydrogen-bond donors (Lipinski definition) is 1. The summed E-state index contributed by atoms with van der Waals surface area (Å²) in [6.07, 6.45) is 11.8. The largest absolute Gasteiger partial charge is 0.455 e. The first-order valence-corrected chi connectivity index (χ1v) is 10.8. The zero-order valence-electron chi connectivity index (χ0n) is 15.4. The maximum absolute atomic E-state index is 12.2. The fourth-order valence-electron chi connectivity index (χ4n) is 6.05. The molecule has 1 amide bonds. The Balaban J connectivity index is 1.08. The van der Waals surface area contributed by atoms with Crippen LogP contribution in [0.5, 0.6) is 0 Å². The van der Waals surface area contributed by atoms with Crippen molar-refractivity contribution in [1.29, 1.82) is 0 Å². The van der Waals surface area contributed by atoms with Crippen molar-refractivity contribution >= 4 is 28.2 Å². The summed E-state index contributed by atoms with van der Waals surface area (Å²) in [7, 11) is 0. The van der Waals surface area contributed by atoms with Gasteiger partial charge in [-0.3, -0.25) is 14.0 Å². The van der Waals surface area contributed by atoms with E-state index in [2.05, 4.69) is 10.3 Å². The predicted molar refractivity (Wildman–Crippen MR) is 101 cm³/mol. The summed E-state index contributed by atoms with van der Waals surface area (Å²) in [5.41, 5.74) is 0.970. The summed E-state index contributed by atoms with van der Waals surface area (Å²) in [5.74, 6) is 2.01. The van der Waals surface area contributed by atoms with Gasteiger partial charge in [0, 0.05) is 24.3 Å². The third kappa shape index (κ3) is 3.49. The third-order valence-corrected chi connectivity index (χ3v) is 7.43. The fraction of sp³-hybridized carbons (Fsp3) is 0.650. The molecule has 0 radical (unpaired) electrons. The number of nitrogens with one attached hydrogen (secondary N) is 1. The highest BCUT2D eigenvalue weighted by molar-refractivity contribution is 7.15. The SMILES string of the molecule is O=C(COC(=O)Cc1cn2ccsc2n1)NCC12CC3CC(CC(C3)C1)C2. The van der Waals surface area contributed by atoms with E-state index in [0.717, 1.165) is 29.3 Å². The lowest BCUT2D eigenvalue weighted by atomic mass is 9.49. The van der Waals surface area contributed by atoms with E-state index in [1.165, 1.54) is 49.9 Å². The molecule has 2 aromatic rings. The first-order valence-electron chi connectivity index (χ1n) is 9.90. The van der Waals surface area contributed by atoms with Crippen molar-refractivity contribution in [2.24, 2.45) is 23.2 Å². The number of ether oxygens (including phenoxy) is 1. The Labute approximate surface area is 162 Å².